The molecule has 0 saturated heterocycles. The van der Waals surface area contributed by atoms with Crippen LogP contribution in [-0.4, -0.2) is 33.0 Å². The number of rotatable bonds is 4. The molecule has 3 rings (SSSR count). The van der Waals surface area contributed by atoms with Crippen molar-refractivity contribution in [2.45, 2.75) is 37.8 Å². The summed E-state index contributed by atoms with van der Waals surface area (Å²) >= 11 is 5.80. The SMILES string of the molecule is O=C(NC1CCC(Oc2ccc(Cl)cn2)CC1)c1ncccn1. The molecule has 2 aromatic heterocycles. The van der Waals surface area contributed by atoms with Gasteiger partial charge in [0.2, 0.25) is 11.7 Å². The van der Waals surface area contributed by atoms with Crippen LogP contribution in [0.25, 0.3) is 0 Å². The van der Waals surface area contributed by atoms with Gasteiger partial charge in [0.05, 0.1) is 5.02 Å². The van der Waals surface area contributed by atoms with Crippen LogP contribution in [-0.2, 0) is 0 Å². The first-order valence-electron chi connectivity index (χ1n) is 7.57. The standard InChI is InChI=1S/C16H17ClN4O2/c17-11-2-7-14(20-10-11)23-13-5-3-12(4-6-13)21-16(22)15-18-8-1-9-19-15/h1-2,7-10,12-13H,3-6H2,(H,21,22). The van der Waals surface area contributed by atoms with E-state index >= 15 is 0 Å². The van der Waals surface area contributed by atoms with Crippen LogP contribution in [0.5, 0.6) is 5.88 Å². The number of carbonyl (C=O) groups is 1. The summed E-state index contributed by atoms with van der Waals surface area (Å²) in [5, 5.41) is 3.56. The number of pyridine rings is 1. The zero-order valence-electron chi connectivity index (χ0n) is 12.5. The van der Waals surface area contributed by atoms with Gasteiger partial charge in [-0.25, -0.2) is 15.0 Å². The van der Waals surface area contributed by atoms with E-state index in [0.717, 1.165) is 25.7 Å². The molecule has 1 fully saturated rings. The van der Waals surface area contributed by atoms with Gasteiger partial charge in [0, 0.05) is 30.7 Å². The molecule has 0 aliphatic heterocycles. The Balaban J connectivity index is 1.47. The van der Waals surface area contributed by atoms with Crippen LogP contribution in [0.4, 0.5) is 0 Å². The molecule has 1 N–H and O–H groups in total. The van der Waals surface area contributed by atoms with E-state index < -0.39 is 0 Å². The lowest BCUT2D eigenvalue weighted by atomic mass is 9.93. The first kappa shape index (κ1) is 15.7. The molecule has 0 unspecified atom stereocenters. The zero-order valence-corrected chi connectivity index (χ0v) is 13.2. The van der Waals surface area contributed by atoms with Crippen LogP contribution in [0.2, 0.25) is 5.02 Å². The van der Waals surface area contributed by atoms with Crippen molar-refractivity contribution in [2.24, 2.45) is 0 Å². The third-order valence-corrected chi connectivity index (χ3v) is 3.99. The van der Waals surface area contributed by atoms with Crippen molar-refractivity contribution in [1.29, 1.82) is 0 Å². The minimum Gasteiger partial charge on any atom is -0.474 e. The molecule has 23 heavy (non-hydrogen) atoms. The van der Waals surface area contributed by atoms with Crippen LogP contribution in [0.3, 0.4) is 0 Å². The van der Waals surface area contributed by atoms with Crippen LogP contribution >= 0.6 is 11.6 Å². The van der Waals surface area contributed by atoms with E-state index in [-0.39, 0.29) is 23.9 Å². The summed E-state index contributed by atoms with van der Waals surface area (Å²) in [6.45, 7) is 0. The fraction of sp³-hybridized carbons (Fsp3) is 0.375. The number of nitrogens with zero attached hydrogens (tertiary/aromatic N) is 3. The Labute approximate surface area is 139 Å². The van der Waals surface area contributed by atoms with E-state index in [0.29, 0.717) is 10.9 Å². The van der Waals surface area contributed by atoms with Crippen LogP contribution < -0.4 is 10.1 Å². The average Bonchev–Trinajstić information content (AvgIpc) is 2.59. The molecule has 2 heterocycles. The summed E-state index contributed by atoms with van der Waals surface area (Å²) in [7, 11) is 0. The summed E-state index contributed by atoms with van der Waals surface area (Å²) in [4.78, 5) is 24.1. The van der Waals surface area contributed by atoms with Gasteiger partial charge in [-0.1, -0.05) is 11.6 Å². The molecule has 1 saturated carbocycles. The van der Waals surface area contributed by atoms with Gasteiger partial charge in [0.25, 0.3) is 5.91 Å². The van der Waals surface area contributed by atoms with Crippen LogP contribution in [0.15, 0.2) is 36.8 Å². The minimum atomic E-state index is -0.227. The lowest BCUT2D eigenvalue weighted by Gasteiger charge is -2.29. The number of carbonyl (C=O) groups excluding carboxylic acids is 1. The molecule has 1 aliphatic rings. The van der Waals surface area contributed by atoms with E-state index in [1.54, 1.807) is 36.8 Å². The number of aromatic nitrogens is 3. The first-order valence-corrected chi connectivity index (χ1v) is 7.94. The molecule has 0 aromatic carbocycles. The molecule has 2 aromatic rings. The van der Waals surface area contributed by atoms with Gasteiger partial charge in [0.1, 0.15) is 6.10 Å². The zero-order chi connectivity index (χ0) is 16.1. The second-order valence-corrected chi connectivity index (χ2v) is 5.89. The lowest BCUT2D eigenvalue weighted by Crippen LogP contribution is -2.40. The highest BCUT2D eigenvalue weighted by Crippen LogP contribution is 2.23. The van der Waals surface area contributed by atoms with Gasteiger partial charge in [-0.05, 0) is 37.8 Å². The van der Waals surface area contributed by atoms with Gasteiger partial charge in [-0.3, -0.25) is 4.79 Å². The summed E-state index contributed by atoms with van der Waals surface area (Å²) < 4.78 is 5.84. The third-order valence-electron chi connectivity index (χ3n) is 3.77. The molecule has 0 atom stereocenters. The van der Waals surface area contributed by atoms with E-state index in [1.807, 2.05) is 0 Å². The maximum atomic E-state index is 12.0. The summed E-state index contributed by atoms with van der Waals surface area (Å²) in [5.74, 6) is 0.560. The van der Waals surface area contributed by atoms with E-state index in [4.69, 9.17) is 16.3 Å². The predicted molar refractivity (Wildman–Crippen MR) is 85.4 cm³/mol. The number of nitrogens with one attached hydrogen (secondary N) is 1. The van der Waals surface area contributed by atoms with E-state index in [2.05, 4.69) is 20.3 Å². The molecule has 0 radical (unpaired) electrons. The van der Waals surface area contributed by atoms with Gasteiger partial charge >= 0.3 is 0 Å². The summed E-state index contributed by atoms with van der Waals surface area (Å²) in [6, 6.07) is 5.34. The predicted octanol–water partition coefficient (Wildman–Crippen LogP) is 2.65. The summed E-state index contributed by atoms with van der Waals surface area (Å²) in [5.41, 5.74) is 0. The topological polar surface area (TPSA) is 77.0 Å². The highest BCUT2D eigenvalue weighted by Gasteiger charge is 2.24. The van der Waals surface area contributed by atoms with Crippen molar-refractivity contribution < 1.29 is 9.53 Å². The molecule has 0 bridgehead atoms. The van der Waals surface area contributed by atoms with Crippen molar-refractivity contribution in [1.82, 2.24) is 20.3 Å². The van der Waals surface area contributed by atoms with Crippen molar-refractivity contribution in [3.63, 3.8) is 0 Å². The van der Waals surface area contributed by atoms with Gasteiger partial charge in [-0.2, -0.15) is 0 Å². The highest BCUT2D eigenvalue weighted by molar-refractivity contribution is 6.30. The smallest absolute Gasteiger partial charge is 0.289 e. The number of ether oxygens (including phenoxy) is 1. The van der Waals surface area contributed by atoms with Crippen molar-refractivity contribution in [3.05, 3.63) is 47.6 Å². The quantitative estimate of drug-likeness (QED) is 0.931. The van der Waals surface area contributed by atoms with Gasteiger partial charge in [0.15, 0.2) is 0 Å². The Morgan fingerprint density at radius 1 is 1.13 bits per heavy atom. The van der Waals surface area contributed by atoms with Crippen molar-refractivity contribution >= 4 is 17.5 Å². The number of amides is 1. The summed E-state index contributed by atoms with van der Waals surface area (Å²) in [6.07, 6.45) is 8.26. The second kappa shape index (κ2) is 7.37. The minimum absolute atomic E-state index is 0.116. The van der Waals surface area contributed by atoms with Crippen LogP contribution in [0, 0.1) is 0 Å². The average molecular weight is 333 g/mol. The Morgan fingerprint density at radius 3 is 2.52 bits per heavy atom. The van der Waals surface area contributed by atoms with Crippen LogP contribution in [0.1, 0.15) is 36.3 Å². The third kappa shape index (κ3) is 4.39. The molecule has 120 valence electrons. The van der Waals surface area contributed by atoms with E-state index in [9.17, 15) is 4.79 Å². The Kier molecular flexibility index (Phi) is 5.02. The number of hydrogen-bond donors (Lipinski definition) is 1. The Hall–Kier alpha value is -2.21. The number of hydrogen-bond acceptors (Lipinski definition) is 5. The fourth-order valence-electron chi connectivity index (χ4n) is 2.59. The molecular weight excluding hydrogens is 316 g/mol. The molecule has 1 aliphatic carbocycles. The molecule has 1 amide bonds. The van der Waals surface area contributed by atoms with E-state index in [1.165, 1.54) is 0 Å². The maximum Gasteiger partial charge on any atom is 0.289 e. The van der Waals surface area contributed by atoms with Gasteiger partial charge < -0.3 is 10.1 Å². The Morgan fingerprint density at radius 2 is 1.87 bits per heavy atom. The normalized spacial score (nSPS) is 20.7. The monoisotopic (exact) mass is 332 g/mol. The largest absolute Gasteiger partial charge is 0.474 e. The molecule has 6 nitrogen and oxygen atoms in total. The first-order chi connectivity index (χ1) is 11.2. The van der Waals surface area contributed by atoms with Gasteiger partial charge in [-0.15, -0.1) is 0 Å². The highest BCUT2D eigenvalue weighted by atomic mass is 35.5. The molecular formula is C16H17ClN4O2. The molecule has 7 heteroatoms. The maximum absolute atomic E-state index is 12.0. The molecule has 0 spiro atoms. The fourth-order valence-corrected chi connectivity index (χ4v) is 2.71. The van der Waals surface area contributed by atoms with Crippen molar-refractivity contribution in [3.8, 4) is 5.88 Å². The lowest BCUT2D eigenvalue weighted by molar-refractivity contribution is 0.0880. The Bertz CT molecular complexity index is 643. The second-order valence-electron chi connectivity index (χ2n) is 5.45. The number of halogens is 1. The van der Waals surface area contributed by atoms with Crippen molar-refractivity contribution in [2.75, 3.05) is 0 Å².